The Hall–Kier alpha value is -1.94. The highest BCUT2D eigenvalue weighted by Gasteiger charge is 2.06. The molecule has 0 amide bonds. The zero-order valence-electron chi connectivity index (χ0n) is 11.1. The summed E-state index contributed by atoms with van der Waals surface area (Å²) >= 11 is 0. The minimum Gasteiger partial charge on any atom is -0.481 e. The van der Waals surface area contributed by atoms with Crippen LogP contribution in [0.3, 0.4) is 0 Å². The Morgan fingerprint density at radius 2 is 2.05 bits per heavy atom. The molecule has 0 fully saturated rings. The molecule has 0 bridgehead atoms. The highest BCUT2D eigenvalue weighted by atomic mass is 19.1. The van der Waals surface area contributed by atoms with E-state index in [9.17, 15) is 4.39 Å². The van der Waals surface area contributed by atoms with Gasteiger partial charge in [0.15, 0.2) is 0 Å². The number of benzene rings is 1. The summed E-state index contributed by atoms with van der Waals surface area (Å²) < 4.78 is 18.2. The molecule has 0 aliphatic rings. The second kappa shape index (κ2) is 6.29. The van der Waals surface area contributed by atoms with E-state index in [4.69, 9.17) is 4.74 Å². The fourth-order valence-corrected chi connectivity index (χ4v) is 1.82. The standard InChI is InChI=1S/C15H17FN2O/c1-11(12-5-3-6-13(16)9-12)17-10-14-7-4-8-15(18-14)19-2/h3-9,11,17H,10H2,1-2H3/t11-/m1/s1. The maximum atomic E-state index is 13.1. The number of rotatable bonds is 5. The van der Waals surface area contributed by atoms with Crippen molar-refractivity contribution in [2.45, 2.75) is 19.5 Å². The predicted octanol–water partition coefficient (Wildman–Crippen LogP) is 3.08. The van der Waals surface area contributed by atoms with Crippen molar-refractivity contribution in [1.82, 2.24) is 10.3 Å². The number of halogens is 1. The van der Waals surface area contributed by atoms with Crippen molar-refractivity contribution in [2.24, 2.45) is 0 Å². The van der Waals surface area contributed by atoms with Gasteiger partial charge in [0.25, 0.3) is 0 Å². The summed E-state index contributed by atoms with van der Waals surface area (Å²) in [5.74, 6) is 0.378. The first-order valence-corrected chi connectivity index (χ1v) is 6.18. The first kappa shape index (κ1) is 13.5. The minimum absolute atomic E-state index is 0.0590. The third kappa shape index (κ3) is 3.76. The van der Waals surface area contributed by atoms with E-state index in [2.05, 4.69) is 10.3 Å². The van der Waals surface area contributed by atoms with E-state index in [-0.39, 0.29) is 11.9 Å². The fourth-order valence-electron chi connectivity index (χ4n) is 1.82. The zero-order chi connectivity index (χ0) is 13.7. The summed E-state index contributed by atoms with van der Waals surface area (Å²) in [7, 11) is 1.59. The lowest BCUT2D eigenvalue weighted by atomic mass is 10.1. The van der Waals surface area contributed by atoms with Crippen LogP contribution in [-0.2, 0) is 6.54 Å². The molecule has 0 saturated carbocycles. The molecule has 100 valence electrons. The van der Waals surface area contributed by atoms with E-state index in [0.717, 1.165) is 11.3 Å². The van der Waals surface area contributed by atoms with E-state index in [1.807, 2.05) is 25.1 Å². The van der Waals surface area contributed by atoms with Gasteiger partial charge in [-0.3, -0.25) is 0 Å². The molecule has 2 rings (SSSR count). The van der Waals surface area contributed by atoms with Crippen molar-refractivity contribution in [2.75, 3.05) is 7.11 Å². The second-order valence-electron chi connectivity index (χ2n) is 4.33. The third-order valence-electron chi connectivity index (χ3n) is 2.93. The van der Waals surface area contributed by atoms with Crippen molar-refractivity contribution in [1.29, 1.82) is 0 Å². The molecule has 0 saturated heterocycles. The van der Waals surface area contributed by atoms with E-state index >= 15 is 0 Å². The van der Waals surface area contributed by atoms with Gasteiger partial charge in [-0.05, 0) is 30.7 Å². The third-order valence-corrected chi connectivity index (χ3v) is 2.93. The molecule has 0 aliphatic heterocycles. The van der Waals surface area contributed by atoms with Crippen LogP contribution in [0.4, 0.5) is 4.39 Å². The number of hydrogen-bond acceptors (Lipinski definition) is 3. The Bertz CT molecular complexity index is 545. The van der Waals surface area contributed by atoms with Gasteiger partial charge < -0.3 is 10.1 Å². The smallest absolute Gasteiger partial charge is 0.213 e. The van der Waals surface area contributed by atoms with Gasteiger partial charge in [-0.1, -0.05) is 18.2 Å². The van der Waals surface area contributed by atoms with Crippen molar-refractivity contribution >= 4 is 0 Å². The van der Waals surface area contributed by atoms with Gasteiger partial charge in [0.1, 0.15) is 5.82 Å². The van der Waals surface area contributed by atoms with E-state index in [0.29, 0.717) is 12.4 Å². The van der Waals surface area contributed by atoms with Gasteiger partial charge in [0.2, 0.25) is 5.88 Å². The van der Waals surface area contributed by atoms with Crippen molar-refractivity contribution < 1.29 is 9.13 Å². The molecule has 0 aliphatic carbocycles. The quantitative estimate of drug-likeness (QED) is 0.897. The first-order valence-electron chi connectivity index (χ1n) is 6.18. The number of aromatic nitrogens is 1. The number of methoxy groups -OCH3 is 1. The molecular weight excluding hydrogens is 243 g/mol. The lowest BCUT2D eigenvalue weighted by Gasteiger charge is -2.14. The van der Waals surface area contributed by atoms with Crippen LogP contribution in [0.25, 0.3) is 0 Å². The highest BCUT2D eigenvalue weighted by molar-refractivity contribution is 5.20. The number of nitrogens with one attached hydrogen (secondary N) is 1. The molecular formula is C15H17FN2O. The summed E-state index contributed by atoms with van der Waals surface area (Å²) in [6.07, 6.45) is 0. The predicted molar refractivity (Wildman–Crippen MR) is 72.4 cm³/mol. The first-order chi connectivity index (χ1) is 9.19. The maximum Gasteiger partial charge on any atom is 0.213 e. The molecule has 1 atom stereocenters. The lowest BCUT2D eigenvalue weighted by Crippen LogP contribution is -2.18. The SMILES string of the molecule is COc1cccc(CN[C@H](C)c2cccc(F)c2)n1. The molecule has 4 heteroatoms. The molecule has 3 nitrogen and oxygen atoms in total. The Morgan fingerprint density at radius 3 is 2.79 bits per heavy atom. The van der Waals surface area contributed by atoms with Crippen LogP contribution >= 0.6 is 0 Å². The molecule has 1 aromatic carbocycles. The molecule has 0 unspecified atom stereocenters. The summed E-state index contributed by atoms with van der Waals surface area (Å²) in [5, 5.41) is 3.31. The van der Waals surface area contributed by atoms with Crippen molar-refractivity contribution in [3.05, 3.63) is 59.5 Å². The van der Waals surface area contributed by atoms with Gasteiger partial charge in [0.05, 0.1) is 12.8 Å². The number of nitrogens with zero attached hydrogens (tertiary/aromatic N) is 1. The summed E-state index contributed by atoms with van der Waals surface area (Å²) in [6.45, 7) is 2.60. The minimum atomic E-state index is -0.217. The Balaban J connectivity index is 1.98. The van der Waals surface area contributed by atoms with Crippen molar-refractivity contribution in [3.63, 3.8) is 0 Å². The summed E-state index contributed by atoms with van der Waals surface area (Å²) in [5.41, 5.74) is 1.81. The van der Waals surface area contributed by atoms with Gasteiger partial charge in [-0.2, -0.15) is 0 Å². The number of hydrogen-bond donors (Lipinski definition) is 1. The summed E-state index contributed by atoms with van der Waals surface area (Å²) in [6, 6.07) is 12.3. The van der Waals surface area contributed by atoms with Gasteiger partial charge >= 0.3 is 0 Å². The Morgan fingerprint density at radius 1 is 1.26 bits per heavy atom. The number of ether oxygens (including phenoxy) is 1. The average molecular weight is 260 g/mol. The molecule has 1 heterocycles. The largest absolute Gasteiger partial charge is 0.481 e. The molecule has 0 radical (unpaired) electrons. The van der Waals surface area contributed by atoms with Crippen LogP contribution in [-0.4, -0.2) is 12.1 Å². The summed E-state index contributed by atoms with van der Waals surface area (Å²) in [4.78, 5) is 4.32. The normalized spacial score (nSPS) is 12.2. The highest BCUT2D eigenvalue weighted by Crippen LogP contribution is 2.14. The zero-order valence-corrected chi connectivity index (χ0v) is 11.1. The van der Waals surface area contributed by atoms with Crippen LogP contribution in [0.1, 0.15) is 24.2 Å². The van der Waals surface area contributed by atoms with Gasteiger partial charge in [-0.15, -0.1) is 0 Å². The topological polar surface area (TPSA) is 34.1 Å². The van der Waals surface area contributed by atoms with Gasteiger partial charge in [-0.25, -0.2) is 9.37 Å². The molecule has 1 aromatic heterocycles. The molecule has 19 heavy (non-hydrogen) atoms. The maximum absolute atomic E-state index is 13.1. The van der Waals surface area contributed by atoms with Crippen LogP contribution in [0.5, 0.6) is 5.88 Å². The van der Waals surface area contributed by atoms with Crippen LogP contribution in [0.15, 0.2) is 42.5 Å². The van der Waals surface area contributed by atoms with Gasteiger partial charge in [0, 0.05) is 18.7 Å². The fraction of sp³-hybridized carbons (Fsp3) is 0.267. The van der Waals surface area contributed by atoms with E-state index < -0.39 is 0 Å². The Kier molecular flexibility index (Phi) is 4.47. The van der Waals surface area contributed by atoms with E-state index in [1.165, 1.54) is 12.1 Å². The second-order valence-corrected chi connectivity index (χ2v) is 4.33. The lowest BCUT2D eigenvalue weighted by molar-refractivity contribution is 0.395. The average Bonchev–Trinajstić information content (AvgIpc) is 2.45. The van der Waals surface area contributed by atoms with Crippen LogP contribution in [0, 0.1) is 5.82 Å². The number of pyridine rings is 1. The van der Waals surface area contributed by atoms with Crippen LogP contribution < -0.4 is 10.1 Å². The Labute approximate surface area is 112 Å². The van der Waals surface area contributed by atoms with Crippen molar-refractivity contribution in [3.8, 4) is 5.88 Å². The molecule has 0 spiro atoms. The molecule has 2 aromatic rings. The molecule has 1 N–H and O–H groups in total. The van der Waals surface area contributed by atoms with Crippen LogP contribution in [0.2, 0.25) is 0 Å². The van der Waals surface area contributed by atoms with E-state index in [1.54, 1.807) is 19.2 Å². The monoisotopic (exact) mass is 260 g/mol.